The van der Waals surface area contributed by atoms with Crippen molar-refractivity contribution in [3.63, 3.8) is 0 Å². The monoisotopic (exact) mass is 299 g/mol. The smallest absolute Gasteiger partial charge is 0.227 e. The van der Waals surface area contributed by atoms with Gasteiger partial charge in [-0.2, -0.15) is 4.98 Å². The quantitative estimate of drug-likeness (QED) is 0.861. The Labute approximate surface area is 106 Å². The summed E-state index contributed by atoms with van der Waals surface area (Å²) >= 11 is 3.15. The van der Waals surface area contributed by atoms with Crippen molar-refractivity contribution in [1.29, 1.82) is 0 Å². The number of benzene rings is 1. The van der Waals surface area contributed by atoms with Crippen molar-refractivity contribution in [3.05, 3.63) is 46.3 Å². The lowest BCUT2D eigenvalue weighted by Crippen LogP contribution is -2.16. The summed E-state index contributed by atoms with van der Waals surface area (Å²) in [4.78, 5) is 3.91. The van der Waals surface area contributed by atoms with Gasteiger partial charge in [-0.15, -0.1) is 0 Å². The van der Waals surface area contributed by atoms with Crippen molar-refractivity contribution < 1.29 is 8.91 Å². The molecule has 0 aliphatic carbocycles. The van der Waals surface area contributed by atoms with Gasteiger partial charge in [0.15, 0.2) is 6.33 Å². The molecule has 17 heavy (non-hydrogen) atoms. The van der Waals surface area contributed by atoms with Crippen molar-refractivity contribution >= 4 is 15.9 Å². The lowest BCUT2D eigenvalue weighted by atomic mass is 10.2. The van der Waals surface area contributed by atoms with E-state index in [1.54, 1.807) is 12.1 Å². The largest absolute Gasteiger partial charge is 0.340 e. The highest BCUT2D eigenvalue weighted by Crippen LogP contribution is 2.16. The highest BCUT2D eigenvalue weighted by Gasteiger charge is 2.01. The fourth-order valence-corrected chi connectivity index (χ4v) is 1.81. The standard InChI is InChI=1S/C11H11BrFN3O/c12-9-5-8(1-2-10(9)13)6-14-4-3-11-15-7-16-17-11/h1-2,5,7,14H,3-4,6H2. The highest BCUT2D eigenvalue weighted by atomic mass is 79.9. The number of hydrogen-bond acceptors (Lipinski definition) is 4. The zero-order valence-corrected chi connectivity index (χ0v) is 10.6. The Balaban J connectivity index is 1.76. The number of nitrogens with one attached hydrogen (secondary N) is 1. The highest BCUT2D eigenvalue weighted by molar-refractivity contribution is 9.10. The van der Waals surface area contributed by atoms with Crippen LogP contribution >= 0.6 is 15.9 Å². The molecule has 0 bridgehead atoms. The molecule has 0 radical (unpaired) electrons. The summed E-state index contributed by atoms with van der Waals surface area (Å²) in [5, 5.41) is 6.73. The van der Waals surface area contributed by atoms with Crippen LogP contribution in [-0.4, -0.2) is 16.7 Å². The molecule has 0 atom stereocenters. The van der Waals surface area contributed by atoms with Gasteiger partial charge in [0.25, 0.3) is 0 Å². The van der Waals surface area contributed by atoms with Crippen molar-refractivity contribution in [1.82, 2.24) is 15.5 Å². The maximum atomic E-state index is 13.0. The molecule has 6 heteroatoms. The molecule has 0 spiro atoms. The molecule has 1 N–H and O–H groups in total. The molecule has 0 unspecified atom stereocenters. The third kappa shape index (κ3) is 3.61. The Morgan fingerprint density at radius 2 is 2.29 bits per heavy atom. The molecular formula is C11H11BrFN3O. The van der Waals surface area contributed by atoms with E-state index in [1.165, 1.54) is 12.4 Å². The summed E-state index contributed by atoms with van der Waals surface area (Å²) < 4.78 is 18.3. The molecule has 0 aliphatic heterocycles. The first-order chi connectivity index (χ1) is 8.25. The minimum Gasteiger partial charge on any atom is -0.340 e. The molecule has 0 fully saturated rings. The average Bonchev–Trinajstić information content (AvgIpc) is 2.82. The van der Waals surface area contributed by atoms with E-state index >= 15 is 0 Å². The maximum Gasteiger partial charge on any atom is 0.227 e. The van der Waals surface area contributed by atoms with Crippen LogP contribution in [0, 0.1) is 5.82 Å². The first kappa shape index (κ1) is 12.2. The molecule has 0 saturated carbocycles. The van der Waals surface area contributed by atoms with Crippen molar-refractivity contribution in [3.8, 4) is 0 Å². The Morgan fingerprint density at radius 1 is 1.41 bits per heavy atom. The number of hydrogen-bond donors (Lipinski definition) is 1. The van der Waals surface area contributed by atoms with Gasteiger partial charge in [-0.3, -0.25) is 0 Å². The van der Waals surface area contributed by atoms with E-state index in [1.807, 2.05) is 0 Å². The molecule has 2 rings (SSSR count). The van der Waals surface area contributed by atoms with Crippen LogP contribution in [0.1, 0.15) is 11.5 Å². The molecule has 90 valence electrons. The SMILES string of the molecule is Fc1ccc(CNCCc2ncno2)cc1Br. The molecule has 1 aromatic heterocycles. The second kappa shape index (κ2) is 5.88. The molecule has 1 aromatic carbocycles. The zero-order valence-electron chi connectivity index (χ0n) is 8.99. The minimum atomic E-state index is -0.250. The Morgan fingerprint density at radius 3 is 3.00 bits per heavy atom. The maximum absolute atomic E-state index is 13.0. The van der Waals surface area contributed by atoms with Gasteiger partial charge in [0.05, 0.1) is 4.47 Å². The molecule has 4 nitrogen and oxygen atoms in total. The molecule has 1 heterocycles. The third-order valence-corrected chi connectivity index (χ3v) is 2.84. The van der Waals surface area contributed by atoms with E-state index in [2.05, 4.69) is 31.4 Å². The summed E-state index contributed by atoms with van der Waals surface area (Å²) in [5.74, 6) is 0.359. The molecule has 2 aromatic rings. The van der Waals surface area contributed by atoms with Crippen LogP contribution in [0.25, 0.3) is 0 Å². The number of aromatic nitrogens is 2. The van der Waals surface area contributed by atoms with Gasteiger partial charge in [-0.25, -0.2) is 4.39 Å². The van der Waals surface area contributed by atoms with Crippen molar-refractivity contribution in [2.24, 2.45) is 0 Å². The topological polar surface area (TPSA) is 51.0 Å². The first-order valence-electron chi connectivity index (χ1n) is 5.16. The number of halogens is 2. The van der Waals surface area contributed by atoms with Crippen LogP contribution in [0.2, 0.25) is 0 Å². The molecular weight excluding hydrogens is 289 g/mol. The Hall–Kier alpha value is -1.27. The summed E-state index contributed by atoms with van der Waals surface area (Å²) in [5.41, 5.74) is 1.02. The van der Waals surface area contributed by atoms with Crippen molar-refractivity contribution in [2.75, 3.05) is 6.54 Å². The Bertz CT molecular complexity index is 476. The normalized spacial score (nSPS) is 10.7. The van der Waals surface area contributed by atoms with Gasteiger partial charge in [0, 0.05) is 19.5 Å². The number of nitrogens with zero attached hydrogens (tertiary/aromatic N) is 2. The van der Waals surface area contributed by atoms with E-state index in [0.717, 1.165) is 12.1 Å². The van der Waals surface area contributed by atoms with Crippen LogP contribution in [0.4, 0.5) is 4.39 Å². The van der Waals surface area contributed by atoms with Crippen LogP contribution in [0.3, 0.4) is 0 Å². The van der Waals surface area contributed by atoms with Crippen LogP contribution < -0.4 is 5.32 Å². The van der Waals surface area contributed by atoms with Gasteiger partial charge in [0.2, 0.25) is 5.89 Å². The second-order valence-corrected chi connectivity index (χ2v) is 4.36. The van der Waals surface area contributed by atoms with Crippen LogP contribution in [0.5, 0.6) is 0 Å². The van der Waals surface area contributed by atoms with E-state index in [0.29, 0.717) is 23.3 Å². The fraction of sp³-hybridized carbons (Fsp3) is 0.273. The van der Waals surface area contributed by atoms with Gasteiger partial charge < -0.3 is 9.84 Å². The predicted molar refractivity (Wildman–Crippen MR) is 63.8 cm³/mol. The van der Waals surface area contributed by atoms with Gasteiger partial charge in [-0.1, -0.05) is 11.2 Å². The number of rotatable bonds is 5. The Kier molecular flexibility index (Phi) is 4.22. The zero-order chi connectivity index (χ0) is 12.1. The first-order valence-corrected chi connectivity index (χ1v) is 5.95. The van der Waals surface area contributed by atoms with E-state index in [-0.39, 0.29) is 5.82 Å². The van der Waals surface area contributed by atoms with Crippen LogP contribution in [0.15, 0.2) is 33.5 Å². The molecule has 0 saturated heterocycles. The summed E-state index contributed by atoms with van der Waals surface area (Å²) in [7, 11) is 0. The summed E-state index contributed by atoms with van der Waals surface area (Å²) in [6, 6.07) is 4.95. The van der Waals surface area contributed by atoms with Gasteiger partial charge in [0.1, 0.15) is 5.82 Å². The third-order valence-electron chi connectivity index (χ3n) is 2.24. The lowest BCUT2D eigenvalue weighted by molar-refractivity contribution is 0.375. The van der Waals surface area contributed by atoms with Gasteiger partial charge in [-0.05, 0) is 33.6 Å². The van der Waals surface area contributed by atoms with E-state index in [4.69, 9.17) is 4.52 Å². The van der Waals surface area contributed by atoms with E-state index < -0.39 is 0 Å². The second-order valence-electron chi connectivity index (χ2n) is 3.51. The fourth-order valence-electron chi connectivity index (χ4n) is 1.38. The molecule has 0 amide bonds. The summed E-state index contributed by atoms with van der Waals surface area (Å²) in [6.07, 6.45) is 2.06. The molecule has 0 aliphatic rings. The average molecular weight is 300 g/mol. The minimum absolute atomic E-state index is 0.250. The van der Waals surface area contributed by atoms with Gasteiger partial charge >= 0.3 is 0 Å². The summed E-state index contributed by atoms with van der Waals surface area (Å²) in [6.45, 7) is 1.41. The van der Waals surface area contributed by atoms with E-state index in [9.17, 15) is 4.39 Å². The van der Waals surface area contributed by atoms with Crippen LogP contribution in [-0.2, 0) is 13.0 Å². The predicted octanol–water partition coefficient (Wildman–Crippen LogP) is 2.30. The van der Waals surface area contributed by atoms with Crippen molar-refractivity contribution in [2.45, 2.75) is 13.0 Å². The lowest BCUT2D eigenvalue weighted by Gasteiger charge is -2.04.